The van der Waals surface area contributed by atoms with Gasteiger partial charge in [-0.25, -0.2) is 0 Å². The van der Waals surface area contributed by atoms with Crippen LogP contribution in [0.5, 0.6) is 5.75 Å². The van der Waals surface area contributed by atoms with Crippen molar-refractivity contribution in [2.45, 2.75) is 44.7 Å². The minimum atomic E-state index is -0.0756. The zero-order valence-electron chi connectivity index (χ0n) is 12.4. The summed E-state index contributed by atoms with van der Waals surface area (Å²) in [5.41, 5.74) is 2.01. The van der Waals surface area contributed by atoms with Crippen molar-refractivity contribution in [2.75, 3.05) is 11.9 Å². The predicted molar refractivity (Wildman–Crippen MR) is 81.4 cm³/mol. The van der Waals surface area contributed by atoms with E-state index in [0.29, 0.717) is 12.1 Å². The minimum absolute atomic E-state index is 0.0756. The van der Waals surface area contributed by atoms with Crippen LogP contribution < -0.4 is 15.4 Å². The number of carbonyl (C=O) groups excluding carboxylic acids is 1. The Balaban J connectivity index is 1.48. The van der Waals surface area contributed by atoms with Gasteiger partial charge >= 0.3 is 0 Å². The molecule has 3 aliphatic rings. The van der Waals surface area contributed by atoms with Gasteiger partial charge in [0.15, 0.2) is 6.61 Å². The largest absolute Gasteiger partial charge is 0.482 e. The Bertz CT molecular complexity index is 572. The molecule has 4 atom stereocenters. The Morgan fingerprint density at radius 1 is 1.33 bits per heavy atom. The van der Waals surface area contributed by atoms with E-state index in [9.17, 15) is 4.79 Å². The molecule has 1 amide bonds. The van der Waals surface area contributed by atoms with Gasteiger partial charge in [-0.15, -0.1) is 0 Å². The summed E-state index contributed by atoms with van der Waals surface area (Å²) in [5.74, 6) is 2.52. The van der Waals surface area contributed by atoms with Crippen LogP contribution in [0.25, 0.3) is 0 Å². The Hall–Kier alpha value is -1.55. The van der Waals surface area contributed by atoms with Crippen LogP contribution >= 0.6 is 0 Å². The molecule has 1 heterocycles. The molecule has 4 nitrogen and oxygen atoms in total. The van der Waals surface area contributed by atoms with E-state index in [1.807, 2.05) is 12.1 Å². The molecule has 0 saturated heterocycles. The fourth-order valence-corrected chi connectivity index (χ4v) is 4.24. The van der Waals surface area contributed by atoms with E-state index < -0.39 is 0 Å². The second-order valence-electron chi connectivity index (χ2n) is 6.76. The van der Waals surface area contributed by atoms with Crippen molar-refractivity contribution in [3.63, 3.8) is 0 Å². The second kappa shape index (κ2) is 5.02. The van der Waals surface area contributed by atoms with Crippen LogP contribution in [0.3, 0.4) is 0 Å². The topological polar surface area (TPSA) is 50.4 Å². The lowest BCUT2D eigenvalue weighted by Gasteiger charge is -2.28. The number of anilines is 1. The maximum absolute atomic E-state index is 11.4. The number of carbonyl (C=O) groups is 1. The summed E-state index contributed by atoms with van der Waals surface area (Å²) < 4.78 is 5.41. The van der Waals surface area contributed by atoms with Crippen molar-refractivity contribution in [2.24, 2.45) is 11.8 Å². The standard InChI is InChI=1S/C17H22N2O2/c1-10(18-14-7-11-2-3-13(14)6-11)12-4-5-16-15(8-12)19-17(20)9-21-16/h4-5,8,10-11,13-14,18H,2-3,6-7,9H2,1H3,(H,19,20). The summed E-state index contributed by atoms with van der Waals surface area (Å²) in [6, 6.07) is 7.07. The van der Waals surface area contributed by atoms with Crippen molar-refractivity contribution in [3.8, 4) is 5.75 Å². The summed E-state index contributed by atoms with van der Waals surface area (Å²) in [7, 11) is 0. The Labute approximate surface area is 125 Å². The number of amides is 1. The average molecular weight is 286 g/mol. The molecular formula is C17H22N2O2. The molecular weight excluding hydrogens is 264 g/mol. The molecule has 4 unspecified atom stereocenters. The lowest BCUT2D eigenvalue weighted by Crippen LogP contribution is -2.35. The molecule has 1 aromatic carbocycles. The highest BCUT2D eigenvalue weighted by atomic mass is 16.5. The molecule has 112 valence electrons. The van der Waals surface area contributed by atoms with Crippen LogP contribution in [-0.2, 0) is 4.79 Å². The number of ether oxygens (including phenoxy) is 1. The second-order valence-corrected chi connectivity index (χ2v) is 6.76. The lowest BCUT2D eigenvalue weighted by molar-refractivity contribution is -0.118. The van der Waals surface area contributed by atoms with Crippen molar-refractivity contribution in [3.05, 3.63) is 23.8 Å². The van der Waals surface area contributed by atoms with Gasteiger partial charge in [0.1, 0.15) is 5.75 Å². The van der Waals surface area contributed by atoms with E-state index in [-0.39, 0.29) is 12.5 Å². The highest BCUT2D eigenvalue weighted by molar-refractivity contribution is 5.95. The highest BCUT2D eigenvalue weighted by Gasteiger charge is 2.39. The molecule has 2 N–H and O–H groups in total. The zero-order valence-corrected chi connectivity index (χ0v) is 12.4. The first kappa shape index (κ1) is 13.1. The number of benzene rings is 1. The average Bonchev–Trinajstić information content (AvgIpc) is 3.09. The van der Waals surface area contributed by atoms with Crippen LogP contribution in [0.4, 0.5) is 5.69 Å². The fourth-order valence-electron chi connectivity index (χ4n) is 4.24. The van der Waals surface area contributed by atoms with Crippen molar-refractivity contribution in [1.82, 2.24) is 5.32 Å². The summed E-state index contributed by atoms with van der Waals surface area (Å²) in [6.45, 7) is 2.32. The van der Waals surface area contributed by atoms with E-state index in [4.69, 9.17) is 4.74 Å². The smallest absolute Gasteiger partial charge is 0.262 e. The Morgan fingerprint density at radius 2 is 2.24 bits per heavy atom. The molecule has 0 aromatic heterocycles. The van der Waals surface area contributed by atoms with Crippen molar-refractivity contribution >= 4 is 11.6 Å². The van der Waals surface area contributed by atoms with Crippen LogP contribution in [0.2, 0.25) is 0 Å². The normalized spacial score (nSPS) is 31.5. The van der Waals surface area contributed by atoms with Gasteiger partial charge in [-0.3, -0.25) is 4.79 Å². The van der Waals surface area contributed by atoms with E-state index in [1.165, 1.54) is 31.2 Å². The van der Waals surface area contributed by atoms with Crippen molar-refractivity contribution < 1.29 is 9.53 Å². The van der Waals surface area contributed by atoms with Crippen LogP contribution in [-0.4, -0.2) is 18.6 Å². The van der Waals surface area contributed by atoms with E-state index in [0.717, 1.165) is 23.3 Å². The maximum atomic E-state index is 11.4. The third-order valence-electron chi connectivity index (χ3n) is 5.34. The van der Waals surface area contributed by atoms with Crippen LogP contribution in [0, 0.1) is 11.8 Å². The van der Waals surface area contributed by atoms with Gasteiger partial charge in [0.05, 0.1) is 5.69 Å². The molecule has 21 heavy (non-hydrogen) atoms. The number of fused-ring (bicyclic) bond motifs is 3. The predicted octanol–water partition coefficient (Wildman–Crippen LogP) is 2.86. The van der Waals surface area contributed by atoms with Gasteiger partial charge in [0, 0.05) is 12.1 Å². The summed E-state index contributed by atoms with van der Waals surface area (Å²) in [6.07, 6.45) is 5.57. The van der Waals surface area contributed by atoms with Gasteiger partial charge < -0.3 is 15.4 Å². The van der Waals surface area contributed by atoms with Crippen molar-refractivity contribution in [1.29, 1.82) is 0 Å². The van der Waals surface area contributed by atoms with Gasteiger partial charge in [-0.2, -0.15) is 0 Å². The molecule has 0 spiro atoms. The molecule has 0 radical (unpaired) electrons. The third kappa shape index (κ3) is 2.42. The SMILES string of the molecule is CC(NC1CC2CCC1C2)c1ccc2c(c1)NC(=O)CO2. The number of hydrogen-bond donors (Lipinski definition) is 2. The van der Waals surface area contributed by atoms with Gasteiger partial charge in [0.25, 0.3) is 5.91 Å². The van der Waals surface area contributed by atoms with E-state index in [1.54, 1.807) is 0 Å². The first-order valence-electron chi connectivity index (χ1n) is 8.01. The van der Waals surface area contributed by atoms with Gasteiger partial charge in [-0.1, -0.05) is 12.5 Å². The number of nitrogens with one attached hydrogen (secondary N) is 2. The molecule has 1 aliphatic heterocycles. The first-order valence-corrected chi connectivity index (χ1v) is 8.01. The zero-order chi connectivity index (χ0) is 14.4. The lowest BCUT2D eigenvalue weighted by atomic mass is 9.94. The summed E-state index contributed by atoms with van der Waals surface area (Å²) >= 11 is 0. The van der Waals surface area contributed by atoms with Crippen LogP contribution in [0.1, 0.15) is 44.2 Å². The maximum Gasteiger partial charge on any atom is 0.262 e. The summed E-state index contributed by atoms with van der Waals surface area (Å²) in [4.78, 5) is 11.4. The number of hydrogen-bond acceptors (Lipinski definition) is 3. The van der Waals surface area contributed by atoms with E-state index >= 15 is 0 Å². The quantitative estimate of drug-likeness (QED) is 0.898. The monoisotopic (exact) mass is 286 g/mol. The first-order chi connectivity index (χ1) is 10.2. The minimum Gasteiger partial charge on any atom is -0.482 e. The fraction of sp³-hybridized carbons (Fsp3) is 0.588. The molecule has 4 heteroatoms. The number of rotatable bonds is 3. The Morgan fingerprint density at radius 3 is 3.00 bits per heavy atom. The van der Waals surface area contributed by atoms with Gasteiger partial charge in [0.2, 0.25) is 0 Å². The third-order valence-corrected chi connectivity index (χ3v) is 5.34. The van der Waals surface area contributed by atoms with E-state index in [2.05, 4.69) is 23.6 Å². The molecule has 2 aliphatic carbocycles. The molecule has 4 rings (SSSR count). The molecule has 2 bridgehead atoms. The molecule has 1 aromatic rings. The highest BCUT2D eigenvalue weighted by Crippen LogP contribution is 2.45. The summed E-state index contributed by atoms with van der Waals surface area (Å²) in [5, 5.41) is 6.68. The Kier molecular flexibility index (Phi) is 3.14. The van der Waals surface area contributed by atoms with Crippen LogP contribution in [0.15, 0.2) is 18.2 Å². The molecule has 2 saturated carbocycles. The van der Waals surface area contributed by atoms with Gasteiger partial charge in [-0.05, 0) is 55.7 Å². The molecule has 2 fully saturated rings.